The Kier molecular flexibility index (Phi) is 3.09. The summed E-state index contributed by atoms with van der Waals surface area (Å²) in [7, 11) is 0. The second-order valence-corrected chi connectivity index (χ2v) is 3.48. The average Bonchev–Trinajstić information content (AvgIpc) is 2.03. The van der Waals surface area contributed by atoms with Crippen molar-refractivity contribution >= 4 is 6.08 Å². The highest BCUT2D eigenvalue weighted by molar-refractivity contribution is 5.47. The summed E-state index contributed by atoms with van der Waals surface area (Å²) >= 11 is 0. The van der Waals surface area contributed by atoms with Crippen LogP contribution in [0.25, 0.3) is 6.08 Å². The molecule has 0 nitrogen and oxygen atoms in total. The van der Waals surface area contributed by atoms with Crippen LogP contribution in [0.5, 0.6) is 0 Å². The van der Waals surface area contributed by atoms with Gasteiger partial charge in [0.25, 0.3) is 0 Å². The molecular weight excluding hydrogens is 144 g/mol. The molecule has 0 amide bonds. The average molecular weight is 159 g/mol. The van der Waals surface area contributed by atoms with Gasteiger partial charge in [0.15, 0.2) is 0 Å². The molecule has 0 atom stereocenters. The Labute approximate surface area is 74.9 Å². The van der Waals surface area contributed by atoms with E-state index in [4.69, 9.17) is 0 Å². The quantitative estimate of drug-likeness (QED) is 0.634. The van der Waals surface area contributed by atoms with Crippen LogP contribution >= 0.6 is 0 Å². The molecule has 0 heterocycles. The summed E-state index contributed by atoms with van der Waals surface area (Å²) in [5, 5.41) is 0. The van der Waals surface area contributed by atoms with Crippen molar-refractivity contribution < 1.29 is 0 Å². The lowest BCUT2D eigenvalue weighted by molar-refractivity contribution is 0.647. The fourth-order valence-electron chi connectivity index (χ4n) is 1.25. The summed E-state index contributed by atoms with van der Waals surface area (Å²) < 4.78 is 0. The van der Waals surface area contributed by atoms with E-state index in [-0.39, 0.29) is 0 Å². The minimum atomic E-state index is 0.707. The monoisotopic (exact) mass is 159 g/mol. The van der Waals surface area contributed by atoms with Crippen molar-refractivity contribution in [1.29, 1.82) is 0 Å². The summed E-state index contributed by atoms with van der Waals surface area (Å²) in [6.07, 6.45) is 2.98. The van der Waals surface area contributed by atoms with E-state index in [2.05, 4.69) is 32.6 Å². The zero-order valence-electron chi connectivity index (χ0n) is 7.80. The molecule has 0 N–H and O–H groups in total. The normalized spacial score (nSPS) is 10.2. The zero-order chi connectivity index (χ0) is 8.97. The highest BCUT2D eigenvalue weighted by Gasteiger charge is 1.97. The lowest BCUT2D eigenvalue weighted by atomic mass is 10.0. The number of hydrogen-bond donors (Lipinski definition) is 0. The molecule has 0 heteroatoms. The fraction of sp³-hybridized carbons (Fsp3) is 0.333. The van der Waals surface area contributed by atoms with E-state index >= 15 is 0 Å². The van der Waals surface area contributed by atoms with Gasteiger partial charge in [0, 0.05) is 0 Å². The lowest BCUT2D eigenvalue weighted by Gasteiger charge is -2.04. The molecule has 1 aromatic carbocycles. The predicted molar refractivity (Wildman–Crippen MR) is 53.9 cm³/mol. The van der Waals surface area contributed by atoms with Gasteiger partial charge in [-0.15, -0.1) is 0 Å². The number of rotatable bonds is 3. The highest BCUT2D eigenvalue weighted by Crippen LogP contribution is 2.10. The molecule has 1 radical (unpaired) electrons. The van der Waals surface area contributed by atoms with Crippen LogP contribution in [0.4, 0.5) is 0 Å². The van der Waals surface area contributed by atoms with Crippen molar-refractivity contribution in [1.82, 2.24) is 0 Å². The largest absolute Gasteiger partial charge is 0.0985 e. The Hall–Kier alpha value is -1.04. The molecule has 12 heavy (non-hydrogen) atoms. The topological polar surface area (TPSA) is 0 Å². The van der Waals surface area contributed by atoms with Crippen molar-refractivity contribution in [2.75, 3.05) is 0 Å². The molecule has 0 spiro atoms. The van der Waals surface area contributed by atoms with Gasteiger partial charge in [0.1, 0.15) is 0 Å². The summed E-state index contributed by atoms with van der Waals surface area (Å²) in [6.45, 7) is 8.18. The number of benzene rings is 1. The Morgan fingerprint density at radius 3 is 2.83 bits per heavy atom. The van der Waals surface area contributed by atoms with Gasteiger partial charge in [0.05, 0.1) is 0 Å². The van der Waals surface area contributed by atoms with E-state index in [0.29, 0.717) is 5.92 Å². The van der Waals surface area contributed by atoms with E-state index in [1.54, 1.807) is 0 Å². The zero-order valence-corrected chi connectivity index (χ0v) is 7.80. The number of hydrogen-bond acceptors (Lipinski definition) is 0. The van der Waals surface area contributed by atoms with E-state index < -0.39 is 0 Å². The maximum Gasteiger partial charge on any atom is -0.0175 e. The molecule has 0 fully saturated rings. The Balaban J connectivity index is 2.79. The second kappa shape index (κ2) is 4.10. The van der Waals surface area contributed by atoms with Crippen molar-refractivity contribution in [3.8, 4) is 0 Å². The first kappa shape index (κ1) is 9.05. The van der Waals surface area contributed by atoms with Crippen molar-refractivity contribution in [3.63, 3.8) is 0 Å². The molecule has 0 aliphatic carbocycles. The van der Waals surface area contributed by atoms with Gasteiger partial charge in [-0.25, -0.2) is 0 Å². The second-order valence-electron chi connectivity index (χ2n) is 3.48. The molecule has 0 aliphatic rings. The van der Waals surface area contributed by atoms with E-state index in [9.17, 15) is 0 Å². The summed E-state index contributed by atoms with van der Waals surface area (Å²) in [6, 6.07) is 9.29. The SMILES string of the molecule is C=Cc1c[c]cc(CC(C)C)c1. The van der Waals surface area contributed by atoms with E-state index in [0.717, 1.165) is 12.0 Å². The van der Waals surface area contributed by atoms with Crippen molar-refractivity contribution in [2.24, 2.45) is 5.92 Å². The van der Waals surface area contributed by atoms with Crippen LogP contribution in [0.1, 0.15) is 25.0 Å². The fourth-order valence-corrected chi connectivity index (χ4v) is 1.25. The molecule has 0 aliphatic heterocycles. The first-order valence-electron chi connectivity index (χ1n) is 4.35. The molecule has 0 bridgehead atoms. The van der Waals surface area contributed by atoms with Crippen molar-refractivity contribution in [2.45, 2.75) is 20.3 Å². The van der Waals surface area contributed by atoms with Crippen LogP contribution < -0.4 is 0 Å². The van der Waals surface area contributed by atoms with Gasteiger partial charge in [-0.3, -0.25) is 0 Å². The minimum absolute atomic E-state index is 0.707. The molecule has 0 saturated heterocycles. The maximum absolute atomic E-state index is 3.73. The molecule has 0 unspecified atom stereocenters. The Morgan fingerprint density at radius 1 is 1.50 bits per heavy atom. The van der Waals surface area contributed by atoms with Crippen molar-refractivity contribution in [3.05, 3.63) is 42.0 Å². The van der Waals surface area contributed by atoms with Crippen LogP contribution in [-0.4, -0.2) is 0 Å². The third-order valence-corrected chi connectivity index (χ3v) is 1.75. The molecule has 0 aromatic heterocycles. The summed E-state index contributed by atoms with van der Waals surface area (Å²) in [5.41, 5.74) is 2.51. The van der Waals surface area contributed by atoms with Crippen LogP contribution in [0.15, 0.2) is 24.8 Å². The predicted octanol–water partition coefficient (Wildman–Crippen LogP) is 3.33. The smallest absolute Gasteiger partial charge is 0.0175 e. The van der Waals surface area contributed by atoms with Gasteiger partial charge < -0.3 is 0 Å². The Bertz CT molecular complexity index is 258. The molecule has 63 valence electrons. The first-order valence-corrected chi connectivity index (χ1v) is 4.35. The molecular formula is C12H15. The van der Waals surface area contributed by atoms with E-state index in [1.807, 2.05) is 18.2 Å². The van der Waals surface area contributed by atoms with Gasteiger partial charge >= 0.3 is 0 Å². The van der Waals surface area contributed by atoms with Gasteiger partial charge in [-0.2, -0.15) is 0 Å². The molecule has 0 saturated carbocycles. The first-order chi connectivity index (χ1) is 5.72. The highest BCUT2D eigenvalue weighted by atomic mass is 14.0. The Morgan fingerprint density at radius 2 is 2.25 bits per heavy atom. The molecule has 1 rings (SSSR count). The standard InChI is InChI=1S/C12H15/c1-4-11-6-5-7-12(9-11)8-10(2)3/h4,6-7,9-10H,1,8H2,2-3H3. The summed E-state index contributed by atoms with van der Waals surface area (Å²) in [4.78, 5) is 0. The third-order valence-electron chi connectivity index (χ3n) is 1.75. The van der Waals surface area contributed by atoms with E-state index in [1.165, 1.54) is 5.56 Å². The lowest BCUT2D eigenvalue weighted by Crippen LogP contribution is -1.93. The van der Waals surface area contributed by atoms with Crippen LogP contribution in [0.3, 0.4) is 0 Å². The maximum atomic E-state index is 3.73. The minimum Gasteiger partial charge on any atom is -0.0985 e. The van der Waals surface area contributed by atoms with Gasteiger partial charge in [-0.1, -0.05) is 38.6 Å². The molecule has 1 aromatic rings. The van der Waals surface area contributed by atoms with Gasteiger partial charge in [0.2, 0.25) is 0 Å². The van der Waals surface area contributed by atoms with Crippen LogP contribution in [0.2, 0.25) is 0 Å². The third kappa shape index (κ3) is 2.54. The van der Waals surface area contributed by atoms with Crippen LogP contribution in [-0.2, 0) is 6.42 Å². The summed E-state index contributed by atoms with van der Waals surface area (Å²) in [5.74, 6) is 0.707. The van der Waals surface area contributed by atoms with Crippen LogP contribution in [0, 0.1) is 12.0 Å². The van der Waals surface area contributed by atoms with Gasteiger partial charge in [-0.05, 0) is 35.6 Å².